The Hall–Kier alpha value is -1.01. The molecule has 1 rings (SSSR count). The second kappa shape index (κ2) is 33.9. The second-order valence-corrected chi connectivity index (χ2v) is 10.3. The lowest BCUT2D eigenvalue weighted by molar-refractivity contribution is -0.0233. The molecule has 10 heteroatoms. The van der Waals surface area contributed by atoms with Crippen molar-refractivity contribution in [2.45, 2.75) is 58.3 Å². The van der Waals surface area contributed by atoms with Crippen molar-refractivity contribution in [3.8, 4) is 5.75 Å². The quantitative estimate of drug-likeness (QED) is 0.0687. The van der Waals surface area contributed by atoms with Crippen molar-refractivity contribution in [2.75, 3.05) is 118 Å². The molecular formula is C33H59ClO9. The van der Waals surface area contributed by atoms with Crippen molar-refractivity contribution in [3.05, 3.63) is 29.8 Å². The Morgan fingerprint density at radius 2 is 0.767 bits per heavy atom. The van der Waals surface area contributed by atoms with Gasteiger partial charge < -0.3 is 42.6 Å². The van der Waals surface area contributed by atoms with Gasteiger partial charge >= 0.3 is 0 Å². The lowest BCUT2D eigenvalue weighted by atomic mass is 10.0. The van der Waals surface area contributed by atoms with Crippen LogP contribution in [0.4, 0.5) is 0 Å². The Labute approximate surface area is 266 Å². The topological polar surface area (TPSA) is 83.1 Å². The predicted octanol–water partition coefficient (Wildman–Crippen LogP) is 5.73. The maximum Gasteiger partial charge on any atom is 0.119 e. The first-order valence-electron chi connectivity index (χ1n) is 16.3. The van der Waals surface area contributed by atoms with Crippen LogP contribution in [0.25, 0.3) is 0 Å². The minimum atomic E-state index is 0.502. The van der Waals surface area contributed by atoms with Crippen LogP contribution in [0, 0.1) is 0 Å². The molecule has 0 heterocycles. The number of aryl methyl sites for hydroxylation is 1. The van der Waals surface area contributed by atoms with E-state index in [9.17, 15) is 0 Å². The van der Waals surface area contributed by atoms with Gasteiger partial charge in [0.05, 0.1) is 106 Å². The van der Waals surface area contributed by atoms with Crippen molar-refractivity contribution in [1.82, 2.24) is 0 Å². The molecular weight excluding hydrogens is 576 g/mol. The molecule has 0 aromatic heterocycles. The first-order valence-corrected chi connectivity index (χ1v) is 16.8. The van der Waals surface area contributed by atoms with Crippen molar-refractivity contribution in [2.24, 2.45) is 0 Å². The third kappa shape index (κ3) is 29.5. The lowest BCUT2D eigenvalue weighted by Crippen LogP contribution is -2.15. The van der Waals surface area contributed by atoms with Crippen LogP contribution >= 0.6 is 11.6 Å². The summed E-state index contributed by atoms with van der Waals surface area (Å²) in [4.78, 5) is 0. The summed E-state index contributed by atoms with van der Waals surface area (Å²) in [6.45, 7) is 11.3. The molecule has 1 aromatic rings. The molecule has 0 radical (unpaired) electrons. The number of unbranched alkanes of at least 4 members (excludes halogenated alkanes) is 6. The van der Waals surface area contributed by atoms with Crippen LogP contribution in [-0.4, -0.2) is 118 Å². The van der Waals surface area contributed by atoms with Gasteiger partial charge in [-0.25, -0.2) is 0 Å². The molecule has 9 nitrogen and oxygen atoms in total. The van der Waals surface area contributed by atoms with Crippen molar-refractivity contribution >= 4 is 11.6 Å². The van der Waals surface area contributed by atoms with Gasteiger partial charge in [0.15, 0.2) is 0 Å². The summed E-state index contributed by atoms with van der Waals surface area (Å²) < 4.78 is 49.3. The lowest BCUT2D eigenvalue weighted by Gasteiger charge is -2.09. The van der Waals surface area contributed by atoms with E-state index in [1.807, 2.05) is 0 Å². The van der Waals surface area contributed by atoms with Crippen LogP contribution in [0.5, 0.6) is 5.75 Å². The highest BCUT2D eigenvalue weighted by molar-refractivity contribution is 6.17. The van der Waals surface area contributed by atoms with E-state index in [0.29, 0.717) is 118 Å². The highest BCUT2D eigenvalue weighted by atomic mass is 35.5. The Morgan fingerprint density at radius 3 is 1.16 bits per heavy atom. The minimum absolute atomic E-state index is 0.502. The van der Waals surface area contributed by atoms with Crippen molar-refractivity contribution < 1.29 is 42.6 Å². The van der Waals surface area contributed by atoms with Crippen LogP contribution < -0.4 is 4.74 Å². The average Bonchev–Trinajstić information content (AvgIpc) is 3.03. The number of hydrogen-bond acceptors (Lipinski definition) is 9. The minimum Gasteiger partial charge on any atom is -0.491 e. The predicted molar refractivity (Wildman–Crippen MR) is 171 cm³/mol. The third-order valence-corrected chi connectivity index (χ3v) is 6.47. The fraction of sp³-hybridized carbons (Fsp3) is 0.818. The molecule has 0 aliphatic heterocycles. The zero-order chi connectivity index (χ0) is 30.7. The molecule has 0 bridgehead atoms. The van der Waals surface area contributed by atoms with Crippen LogP contribution in [0.1, 0.15) is 57.4 Å². The molecule has 252 valence electrons. The fourth-order valence-electron chi connectivity index (χ4n) is 3.95. The molecule has 0 amide bonds. The second-order valence-electron chi connectivity index (χ2n) is 9.95. The third-order valence-electron chi connectivity index (χ3n) is 6.31. The van der Waals surface area contributed by atoms with E-state index in [2.05, 4.69) is 31.2 Å². The van der Waals surface area contributed by atoms with Gasteiger partial charge in [-0.1, -0.05) is 57.6 Å². The normalized spacial score (nSPS) is 11.4. The summed E-state index contributed by atoms with van der Waals surface area (Å²) in [7, 11) is 0. The molecule has 0 atom stereocenters. The van der Waals surface area contributed by atoms with Gasteiger partial charge in [0, 0.05) is 5.88 Å². The van der Waals surface area contributed by atoms with Crippen LogP contribution in [-0.2, 0) is 44.3 Å². The van der Waals surface area contributed by atoms with Crippen molar-refractivity contribution in [3.63, 3.8) is 0 Å². The first kappa shape index (κ1) is 40.0. The standard InChI is InChI=1S/C33H59ClO9/c1-2-3-4-5-6-7-8-9-32-10-12-33(13-11-32)43-31-30-42-29-28-41-27-26-40-25-24-39-23-22-38-21-20-37-19-18-36-17-16-35-15-14-34/h10-13H,2-9,14-31H2,1H3. The maximum absolute atomic E-state index is 5.77. The highest BCUT2D eigenvalue weighted by Gasteiger charge is 1.99. The molecule has 0 N–H and O–H groups in total. The SMILES string of the molecule is CCCCCCCCCc1ccc(OCCOCCOCCOCCOCCOCCOCCOCCOCCCl)cc1. The van der Waals surface area contributed by atoms with Crippen molar-refractivity contribution in [1.29, 1.82) is 0 Å². The van der Waals surface area contributed by atoms with Crippen LogP contribution in [0.2, 0.25) is 0 Å². The van der Waals surface area contributed by atoms with E-state index >= 15 is 0 Å². The Balaban J connectivity index is 1.73. The molecule has 0 spiro atoms. The van der Waals surface area contributed by atoms with Crippen LogP contribution in [0.15, 0.2) is 24.3 Å². The number of benzene rings is 1. The average molecular weight is 635 g/mol. The summed E-state index contributed by atoms with van der Waals surface area (Å²) in [6.07, 6.45) is 10.5. The van der Waals surface area contributed by atoms with Crippen LogP contribution in [0.3, 0.4) is 0 Å². The molecule has 0 aliphatic carbocycles. The number of ether oxygens (including phenoxy) is 9. The maximum atomic E-state index is 5.77. The van der Waals surface area contributed by atoms with E-state index in [1.54, 1.807) is 0 Å². The smallest absolute Gasteiger partial charge is 0.119 e. The van der Waals surface area contributed by atoms with Gasteiger partial charge in [0.1, 0.15) is 12.4 Å². The van der Waals surface area contributed by atoms with E-state index in [0.717, 1.165) is 12.2 Å². The molecule has 0 saturated heterocycles. The summed E-state index contributed by atoms with van der Waals surface area (Å²) >= 11 is 5.51. The number of halogens is 1. The molecule has 0 fully saturated rings. The number of rotatable bonds is 35. The fourth-order valence-corrected chi connectivity index (χ4v) is 4.06. The zero-order valence-corrected chi connectivity index (χ0v) is 27.5. The summed E-state index contributed by atoms with van der Waals surface area (Å²) in [6, 6.07) is 8.46. The van der Waals surface area contributed by atoms with Gasteiger partial charge in [-0.15, -0.1) is 11.6 Å². The molecule has 1 aromatic carbocycles. The first-order chi connectivity index (χ1) is 21.4. The number of alkyl halides is 1. The monoisotopic (exact) mass is 634 g/mol. The summed E-state index contributed by atoms with van der Waals surface area (Å²) in [5.41, 5.74) is 1.38. The van der Waals surface area contributed by atoms with Gasteiger partial charge in [0.2, 0.25) is 0 Å². The van der Waals surface area contributed by atoms with E-state index in [1.165, 1.54) is 50.5 Å². The Morgan fingerprint density at radius 1 is 0.419 bits per heavy atom. The summed E-state index contributed by atoms with van der Waals surface area (Å²) in [5, 5.41) is 0. The van der Waals surface area contributed by atoms with Gasteiger partial charge in [0.25, 0.3) is 0 Å². The molecule has 0 saturated carbocycles. The van der Waals surface area contributed by atoms with E-state index in [-0.39, 0.29) is 0 Å². The number of hydrogen-bond donors (Lipinski definition) is 0. The Kier molecular flexibility index (Phi) is 31.5. The summed E-state index contributed by atoms with van der Waals surface area (Å²) in [5.74, 6) is 1.39. The largest absolute Gasteiger partial charge is 0.491 e. The molecule has 0 aliphatic rings. The molecule has 43 heavy (non-hydrogen) atoms. The molecule has 0 unspecified atom stereocenters. The van der Waals surface area contributed by atoms with E-state index < -0.39 is 0 Å². The van der Waals surface area contributed by atoms with Gasteiger partial charge in [-0.05, 0) is 30.5 Å². The zero-order valence-electron chi connectivity index (χ0n) is 26.7. The van der Waals surface area contributed by atoms with Gasteiger partial charge in [-0.2, -0.15) is 0 Å². The Bertz CT molecular complexity index is 666. The van der Waals surface area contributed by atoms with E-state index in [4.69, 9.17) is 54.2 Å². The highest BCUT2D eigenvalue weighted by Crippen LogP contribution is 2.15. The van der Waals surface area contributed by atoms with Gasteiger partial charge in [-0.3, -0.25) is 0 Å².